The monoisotopic (exact) mass is 655 g/mol. The number of aryl methyl sites for hydroxylation is 1. The number of alkyl halides is 2. The van der Waals surface area contributed by atoms with E-state index in [1.165, 1.54) is 31.4 Å². The number of phenols is 1. The van der Waals surface area contributed by atoms with Gasteiger partial charge in [0.05, 0.1) is 19.2 Å². The SMILES string of the molecule is CCc1c(F)ccc2cc(O)cc(-c3nc(OC)c4c(N5CCC[C@](O)(CF)C5)nc(OC[C@@]56CCCN5C[C@H](F)C6)nc4c3F)c12. The van der Waals surface area contributed by atoms with Crippen LogP contribution >= 0.6 is 0 Å². The highest BCUT2D eigenvalue weighted by molar-refractivity contribution is 6.03. The van der Waals surface area contributed by atoms with Crippen LogP contribution in [0.25, 0.3) is 32.9 Å². The zero-order valence-corrected chi connectivity index (χ0v) is 26.3. The third-order valence-electron chi connectivity index (χ3n) is 10.0. The van der Waals surface area contributed by atoms with E-state index in [4.69, 9.17) is 9.47 Å². The molecule has 3 aliphatic rings. The molecule has 4 aromatic rings. The van der Waals surface area contributed by atoms with Crippen LogP contribution in [-0.4, -0.2) is 93.9 Å². The van der Waals surface area contributed by atoms with Crippen molar-refractivity contribution in [2.45, 2.75) is 62.8 Å². The molecule has 0 aliphatic carbocycles. The lowest BCUT2D eigenvalue weighted by Gasteiger charge is -2.38. The van der Waals surface area contributed by atoms with Crippen molar-refractivity contribution in [2.24, 2.45) is 0 Å². The second kappa shape index (κ2) is 11.9. The van der Waals surface area contributed by atoms with Gasteiger partial charge in [0.2, 0.25) is 5.88 Å². The average Bonchev–Trinajstić information content (AvgIpc) is 3.59. The number of halogens is 4. The van der Waals surface area contributed by atoms with Crippen molar-refractivity contribution in [3.05, 3.63) is 41.5 Å². The quantitative estimate of drug-likeness (QED) is 0.233. The van der Waals surface area contributed by atoms with Crippen LogP contribution in [0.5, 0.6) is 17.6 Å². The lowest BCUT2D eigenvalue weighted by molar-refractivity contribution is 0.00301. The third-order valence-corrected chi connectivity index (χ3v) is 10.0. The molecule has 13 heteroatoms. The highest BCUT2D eigenvalue weighted by atomic mass is 19.1. The average molecular weight is 656 g/mol. The van der Waals surface area contributed by atoms with Crippen LogP contribution in [0.4, 0.5) is 23.4 Å². The highest BCUT2D eigenvalue weighted by Crippen LogP contribution is 2.44. The largest absolute Gasteiger partial charge is 0.508 e. The fourth-order valence-corrected chi connectivity index (χ4v) is 7.81. The van der Waals surface area contributed by atoms with Crippen molar-refractivity contribution < 1.29 is 37.2 Å². The minimum atomic E-state index is -1.64. The van der Waals surface area contributed by atoms with Crippen LogP contribution in [-0.2, 0) is 6.42 Å². The van der Waals surface area contributed by atoms with Gasteiger partial charge in [-0.1, -0.05) is 13.0 Å². The van der Waals surface area contributed by atoms with E-state index in [2.05, 4.69) is 19.9 Å². The number of hydrogen-bond acceptors (Lipinski definition) is 9. The second-order valence-electron chi connectivity index (χ2n) is 13.1. The van der Waals surface area contributed by atoms with Crippen LogP contribution in [0.15, 0.2) is 24.3 Å². The van der Waals surface area contributed by atoms with E-state index in [0.29, 0.717) is 48.7 Å². The zero-order chi connectivity index (χ0) is 33.1. The number of nitrogens with zero attached hydrogens (tertiary/aromatic N) is 5. The van der Waals surface area contributed by atoms with E-state index in [-0.39, 0.29) is 65.2 Å². The summed E-state index contributed by atoms with van der Waals surface area (Å²) in [5.74, 6) is -1.46. The Morgan fingerprint density at radius 2 is 1.87 bits per heavy atom. The van der Waals surface area contributed by atoms with E-state index in [0.717, 1.165) is 19.4 Å². The summed E-state index contributed by atoms with van der Waals surface area (Å²) in [6.07, 6.45) is 1.93. The van der Waals surface area contributed by atoms with Crippen LogP contribution in [0.2, 0.25) is 0 Å². The summed E-state index contributed by atoms with van der Waals surface area (Å²) in [4.78, 5) is 17.4. The summed E-state index contributed by atoms with van der Waals surface area (Å²) in [6.45, 7) is 2.20. The molecule has 2 aromatic heterocycles. The molecule has 0 radical (unpaired) electrons. The number of phenolic OH excluding ortho intramolecular Hbond substituents is 1. The lowest BCUT2D eigenvalue weighted by Crippen LogP contribution is -2.50. The van der Waals surface area contributed by atoms with Gasteiger partial charge in [-0.15, -0.1) is 0 Å². The molecule has 2 N–H and O–H groups in total. The van der Waals surface area contributed by atoms with Gasteiger partial charge in [-0.3, -0.25) is 4.90 Å². The Morgan fingerprint density at radius 1 is 1.06 bits per heavy atom. The number of fused-ring (bicyclic) bond motifs is 3. The number of β-amino-alcohol motifs (C(OH)–C–C–N with tert-alkyl or cyclic N) is 1. The molecule has 3 aliphatic heterocycles. The maximum absolute atomic E-state index is 17.0. The number of ether oxygens (including phenoxy) is 2. The van der Waals surface area contributed by atoms with Gasteiger partial charge >= 0.3 is 6.01 Å². The van der Waals surface area contributed by atoms with E-state index in [1.807, 2.05) is 0 Å². The van der Waals surface area contributed by atoms with Crippen LogP contribution in [0.1, 0.15) is 44.6 Å². The van der Waals surface area contributed by atoms with Crippen molar-refractivity contribution in [1.29, 1.82) is 0 Å². The van der Waals surface area contributed by atoms with Gasteiger partial charge in [0.25, 0.3) is 0 Å². The summed E-state index contributed by atoms with van der Waals surface area (Å²) in [7, 11) is 1.35. The second-order valence-corrected chi connectivity index (χ2v) is 13.1. The summed E-state index contributed by atoms with van der Waals surface area (Å²) in [5.41, 5.74) is -2.16. The van der Waals surface area contributed by atoms with Crippen molar-refractivity contribution in [2.75, 3.05) is 51.5 Å². The number of piperidine rings is 1. The molecule has 2 aromatic carbocycles. The Kier molecular flexibility index (Phi) is 8.02. The number of aliphatic hydroxyl groups is 1. The van der Waals surface area contributed by atoms with E-state index >= 15 is 8.78 Å². The summed E-state index contributed by atoms with van der Waals surface area (Å²) >= 11 is 0. The molecule has 0 saturated carbocycles. The van der Waals surface area contributed by atoms with Gasteiger partial charge in [0.15, 0.2) is 5.82 Å². The Morgan fingerprint density at radius 3 is 2.64 bits per heavy atom. The number of pyridine rings is 1. The fourth-order valence-electron chi connectivity index (χ4n) is 7.81. The molecular weight excluding hydrogens is 618 g/mol. The van der Waals surface area contributed by atoms with Gasteiger partial charge in [-0.05, 0) is 73.2 Å². The molecule has 9 nitrogen and oxygen atoms in total. The summed E-state index contributed by atoms with van der Waals surface area (Å²) < 4.78 is 72.3. The van der Waals surface area contributed by atoms with E-state index in [1.54, 1.807) is 11.8 Å². The van der Waals surface area contributed by atoms with E-state index in [9.17, 15) is 19.0 Å². The zero-order valence-electron chi connectivity index (χ0n) is 26.3. The Balaban J connectivity index is 1.43. The number of aromatic nitrogens is 3. The van der Waals surface area contributed by atoms with Crippen molar-refractivity contribution in [3.63, 3.8) is 0 Å². The first-order valence-corrected chi connectivity index (χ1v) is 16.0. The van der Waals surface area contributed by atoms with Gasteiger partial charge in [0.1, 0.15) is 59.0 Å². The number of benzene rings is 2. The highest BCUT2D eigenvalue weighted by Gasteiger charge is 2.49. The van der Waals surface area contributed by atoms with E-state index < -0.39 is 35.6 Å². The smallest absolute Gasteiger partial charge is 0.319 e. The fraction of sp³-hybridized carbons (Fsp3) is 0.500. The molecule has 3 fully saturated rings. The Labute approximate surface area is 269 Å². The molecule has 0 spiro atoms. The Hall–Kier alpha value is -3.97. The molecule has 0 bridgehead atoms. The van der Waals surface area contributed by atoms with Gasteiger partial charge in [0, 0.05) is 25.1 Å². The molecular formula is C34H37F4N5O4. The van der Waals surface area contributed by atoms with Crippen LogP contribution in [0, 0.1) is 11.6 Å². The van der Waals surface area contributed by atoms with Crippen LogP contribution in [0.3, 0.4) is 0 Å². The predicted octanol–water partition coefficient (Wildman–Crippen LogP) is 5.66. The maximum Gasteiger partial charge on any atom is 0.319 e. The van der Waals surface area contributed by atoms with Crippen molar-refractivity contribution >= 4 is 27.5 Å². The minimum absolute atomic E-state index is 0.0603. The third kappa shape index (κ3) is 5.37. The molecule has 250 valence electrons. The number of anilines is 1. The lowest BCUT2D eigenvalue weighted by atomic mass is 9.93. The Bertz CT molecular complexity index is 1860. The molecule has 0 amide bonds. The molecule has 3 atom stereocenters. The summed E-state index contributed by atoms with van der Waals surface area (Å²) in [6, 6.07) is 5.43. The maximum atomic E-state index is 17.0. The minimum Gasteiger partial charge on any atom is -0.508 e. The number of methoxy groups -OCH3 is 1. The normalized spacial score (nSPS) is 24.7. The molecule has 3 saturated heterocycles. The topological polar surface area (TPSA) is 104 Å². The van der Waals surface area contributed by atoms with Gasteiger partial charge in [-0.2, -0.15) is 9.97 Å². The standard InChI is InChI=1S/C34H37F4N5O4/c1-3-22-24(37)7-6-19-12-21(44)13-23(25(19)22)28-27(38)29-26(31(39-28)46-2)30(42-10-5-9-34(45,16-35)17-42)41-32(40-29)47-18-33-8-4-11-43(33)15-20(36)14-33/h6-7,12-13,20,44-45H,3-5,8-11,14-18H2,1-2H3/t20-,33+,34+/m1/s1. The predicted molar refractivity (Wildman–Crippen MR) is 169 cm³/mol. The number of rotatable bonds is 8. The summed E-state index contributed by atoms with van der Waals surface area (Å²) in [5, 5.41) is 22.5. The van der Waals surface area contributed by atoms with Crippen LogP contribution < -0.4 is 14.4 Å². The molecule has 5 heterocycles. The number of hydrogen-bond donors (Lipinski definition) is 2. The molecule has 0 unspecified atom stereocenters. The first kappa shape index (κ1) is 31.6. The van der Waals surface area contributed by atoms with Gasteiger partial charge < -0.3 is 24.6 Å². The molecule has 7 rings (SSSR count). The number of aromatic hydroxyl groups is 1. The first-order valence-electron chi connectivity index (χ1n) is 16.0. The first-order chi connectivity index (χ1) is 22.6. The van der Waals surface area contributed by atoms with Gasteiger partial charge in [-0.25, -0.2) is 22.5 Å². The van der Waals surface area contributed by atoms with Crippen molar-refractivity contribution in [3.8, 4) is 28.9 Å². The molecule has 47 heavy (non-hydrogen) atoms. The van der Waals surface area contributed by atoms with Crippen molar-refractivity contribution in [1.82, 2.24) is 19.9 Å².